The summed E-state index contributed by atoms with van der Waals surface area (Å²) in [5.41, 5.74) is 0.928. The van der Waals surface area contributed by atoms with Gasteiger partial charge in [0.15, 0.2) is 0 Å². The number of carbonyl (C=O) groups excluding carboxylic acids is 1. The van der Waals surface area contributed by atoms with Gasteiger partial charge in [-0.3, -0.25) is 9.59 Å². The summed E-state index contributed by atoms with van der Waals surface area (Å²) in [6.07, 6.45) is 0.740. The Morgan fingerprint density at radius 2 is 2.15 bits per heavy atom. The van der Waals surface area contributed by atoms with Crippen LogP contribution in [0.15, 0.2) is 18.2 Å². The molecule has 0 aliphatic heterocycles. The van der Waals surface area contributed by atoms with Crippen molar-refractivity contribution in [1.29, 1.82) is 0 Å². The summed E-state index contributed by atoms with van der Waals surface area (Å²) in [5, 5.41) is 11.7. The Morgan fingerprint density at radius 3 is 2.75 bits per heavy atom. The maximum absolute atomic E-state index is 11.4. The summed E-state index contributed by atoms with van der Waals surface area (Å²) in [6.45, 7) is 3.69. The van der Waals surface area contributed by atoms with Crippen LogP contribution in [0.4, 0.5) is 0 Å². The highest BCUT2D eigenvalue weighted by Gasteiger charge is 2.13. The van der Waals surface area contributed by atoms with Crippen LogP contribution in [0.5, 0.6) is 5.75 Å². The molecule has 0 bridgehead atoms. The van der Waals surface area contributed by atoms with Gasteiger partial charge in [-0.2, -0.15) is 0 Å². The van der Waals surface area contributed by atoms with Crippen molar-refractivity contribution in [2.45, 2.75) is 32.7 Å². The summed E-state index contributed by atoms with van der Waals surface area (Å²) in [6, 6.07) is 4.48. The van der Waals surface area contributed by atoms with E-state index in [9.17, 15) is 9.59 Å². The van der Waals surface area contributed by atoms with Crippen LogP contribution < -0.4 is 10.1 Å². The van der Waals surface area contributed by atoms with Gasteiger partial charge in [-0.15, -0.1) is 0 Å². The Labute approximate surface area is 122 Å². The number of rotatable bonds is 7. The highest BCUT2D eigenvalue weighted by atomic mass is 35.5. The number of carboxylic acid groups (broad SMARTS) is 1. The largest absolute Gasteiger partial charge is 0.494 e. The van der Waals surface area contributed by atoms with E-state index < -0.39 is 12.0 Å². The maximum atomic E-state index is 11.4. The first-order chi connectivity index (χ1) is 9.40. The molecule has 0 fully saturated rings. The van der Waals surface area contributed by atoms with E-state index in [1.807, 2.05) is 13.0 Å². The Morgan fingerprint density at radius 1 is 1.45 bits per heavy atom. The number of aliphatic carboxylic acids is 1. The van der Waals surface area contributed by atoms with Crippen LogP contribution in [-0.2, 0) is 9.59 Å². The van der Waals surface area contributed by atoms with Crippen molar-refractivity contribution in [1.82, 2.24) is 5.32 Å². The van der Waals surface area contributed by atoms with Crippen LogP contribution in [0.3, 0.4) is 0 Å². The van der Waals surface area contributed by atoms with Gasteiger partial charge in [0, 0.05) is 11.4 Å². The molecule has 1 amide bonds. The molecule has 1 aromatic carbocycles. The predicted octanol–water partition coefficient (Wildman–Crippen LogP) is 2.40. The highest BCUT2D eigenvalue weighted by molar-refractivity contribution is 6.31. The lowest BCUT2D eigenvalue weighted by Gasteiger charge is -2.10. The van der Waals surface area contributed by atoms with Gasteiger partial charge in [-0.25, -0.2) is 0 Å². The lowest BCUT2D eigenvalue weighted by atomic mass is 10.2. The van der Waals surface area contributed by atoms with Gasteiger partial charge in [0.05, 0.1) is 6.61 Å². The Bertz CT molecular complexity index is 490. The molecule has 0 saturated carbocycles. The molecule has 0 aromatic heterocycles. The molecule has 2 N–H and O–H groups in total. The highest BCUT2D eigenvalue weighted by Crippen LogP contribution is 2.21. The zero-order valence-corrected chi connectivity index (χ0v) is 12.2. The fourth-order valence-corrected chi connectivity index (χ4v) is 1.62. The van der Waals surface area contributed by atoms with Gasteiger partial charge >= 0.3 is 5.97 Å². The number of nitrogens with one attached hydrogen (secondary N) is 1. The van der Waals surface area contributed by atoms with Crippen molar-refractivity contribution in [2.24, 2.45) is 0 Å². The quantitative estimate of drug-likeness (QED) is 0.758. The Hall–Kier alpha value is -1.75. The molecule has 0 unspecified atom stereocenters. The number of benzene rings is 1. The van der Waals surface area contributed by atoms with Crippen molar-refractivity contribution < 1.29 is 19.4 Å². The normalized spacial score (nSPS) is 11.8. The predicted molar refractivity (Wildman–Crippen MR) is 76.2 cm³/mol. The standard InChI is InChI=1S/C14H18ClNO4/c1-9-8-11(5-6-12(9)15)20-7-3-4-13(17)16-10(2)14(18)19/h5-6,8,10H,3-4,7H2,1-2H3,(H,16,17)(H,18,19)/t10-/m1/s1. The van der Waals surface area contributed by atoms with Gasteiger partial charge < -0.3 is 15.2 Å². The van der Waals surface area contributed by atoms with Gasteiger partial charge in [0.1, 0.15) is 11.8 Å². The van der Waals surface area contributed by atoms with Gasteiger partial charge in [-0.1, -0.05) is 11.6 Å². The van der Waals surface area contributed by atoms with E-state index in [0.717, 1.165) is 5.56 Å². The molecule has 0 aliphatic carbocycles. The zero-order valence-electron chi connectivity index (χ0n) is 11.5. The molecule has 0 saturated heterocycles. The molecule has 0 heterocycles. The number of ether oxygens (including phenoxy) is 1. The smallest absolute Gasteiger partial charge is 0.325 e. The fourth-order valence-electron chi connectivity index (χ4n) is 1.51. The molecule has 6 heteroatoms. The third kappa shape index (κ3) is 5.48. The second kappa shape index (κ2) is 7.75. The summed E-state index contributed by atoms with van der Waals surface area (Å²) in [5.74, 6) is -0.645. The van der Waals surface area contributed by atoms with Crippen LogP contribution in [0.1, 0.15) is 25.3 Å². The lowest BCUT2D eigenvalue weighted by Crippen LogP contribution is -2.38. The number of hydrogen-bond donors (Lipinski definition) is 2. The maximum Gasteiger partial charge on any atom is 0.325 e. The fraction of sp³-hybridized carbons (Fsp3) is 0.429. The van der Waals surface area contributed by atoms with E-state index in [0.29, 0.717) is 23.8 Å². The SMILES string of the molecule is Cc1cc(OCCCC(=O)N[C@H](C)C(=O)O)ccc1Cl. The van der Waals surface area contributed by atoms with Crippen LogP contribution in [0, 0.1) is 6.92 Å². The molecule has 5 nitrogen and oxygen atoms in total. The van der Waals surface area contributed by atoms with Crippen LogP contribution in [0.25, 0.3) is 0 Å². The van der Waals surface area contributed by atoms with E-state index in [1.165, 1.54) is 6.92 Å². The van der Waals surface area contributed by atoms with Crippen LogP contribution in [0.2, 0.25) is 5.02 Å². The van der Waals surface area contributed by atoms with Gasteiger partial charge in [0.25, 0.3) is 0 Å². The average Bonchev–Trinajstić information content (AvgIpc) is 2.38. The van der Waals surface area contributed by atoms with E-state index in [-0.39, 0.29) is 12.3 Å². The second-order valence-electron chi connectivity index (χ2n) is 4.49. The number of halogens is 1. The third-order valence-corrected chi connectivity index (χ3v) is 3.12. The Balaban J connectivity index is 2.26. The van der Waals surface area contributed by atoms with E-state index >= 15 is 0 Å². The average molecular weight is 300 g/mol. The molecule has 1 aromatic rings. The molecule has 20 heavy (non-hydrogen) atoms. The van der Waals surface area contributed by atoms with Gasteiger partial charge in [0.2, 0.25) is 5.91 Å². The molecular formula is C14H18ClNO4. The van der Waals surface area contributed by atoms with Crippen molar-refractivity contribution in [3.8, 4) is 5.75 Å². The molecule has 1 rings (SSSR count). The van der Waals surface area contributed by atoms with Crippen LogP contribution in [-0.4, -0.2) is 29.6 Å². The van der Waals surface area contributed by atoms with E-state index in [2.05, 4.69) is 5.32 Å². The first-order valence-corrected chi connectivity index (χ1v) is 6.69. The lowest BCUT2D eigenvalue weighted by molar-refractivity contribution is -0.141. The summed E-state index contributed by atoms with van der Waals surface area (Å²) < 4.78 is 5.49. The van der Waals surface area contributed by atoms with E-state index in [1.54, 1.807) is 12.1 Å². The van der Waals surface area contributed by atoms with Crippen molar-refractivity contribution >= 4 is 23.5 Å². The zero-order chi connectivity index (χ0) is 15.1. The molecule has 0 aliphatic rings. The minimum absolute atomic E-state index is 0.226. The number of carboxylic acids is 1. The van der Waals surface area contributed by atoms with E-state index in [4.69, 9.17) is 21.4 Å². The summed E-state index contributed by atoms with van der Waals surface area (Å²) in [7, 11) is 0. The first-order valence-electron chi connectivity index (χ1n) is 6.31. The summed E-state index contributed by atoms with van der Waals surface area (Å²) >= 11 is 5.90. The first kappa shape index (κ1) is 16.3. The topological polar surface area (TPSA) is 75.6 Å². The molecule has 0 spiro atoms. The summed E-state index contributed by atoms with van der Waals surface area (Å²) in [4.78, 5) is 22.0. The van der Waals surface area contributed by atoms with Gasteiger partial charge in [-0.05, 0) is 44.0 Å². The number of aryl methyl sites for hydroxylation is 1. The Kier molecular flexibility index (Phi) is 6.31. The third-order valence-electron chi connectivity index (χ3n) is 2.69. The number of amides is 1. The number of carbonyl (C=O) groups is 2. The monoisotopic (exact) mass is 299 g/mol. The van der Waals surface area contributed by atoms with Crippen LogP contribution >= 0.6 is 11.6 Å². The molecule has 1 atom stereocenters. The van der Waals surface area contributed by atoms with Crippen molar-refractivity contribution in [3.63, 3.8) is 0 Å². The minimum atomic E-state index is -1.05. The minimum Gasteiger partial charge on any atom is -0.494 e. The van der Waals surface area contributed by atoms with Crippen molar-refractivity contribution in [3.05, 3.63) is 28.8 Å². The second-order valence-corrected chi connectivity index (χ2v) is 4.90. The molecule has 0 radical (unpaired) electrons. The molecule has 110 valence electrons. The van der Waals surface area contributed by atoms with Crippen molar-refractivity contribution in [2.75, 3.05) is 6.61 Å². The number of hydrogen-bond acceptors (Lipinski definition) is 3. The molecular weight excluding hydrogens is 282 g/mol.